The molecule has 0 aliphatic carbocycles. The third-order valence-corrected chi connectivity index (χ3v) is 7.28. The van der Waals surface area contributed by atoms with Gasteiger partial charge >= 0.3 is 12.1 Å². The molecule has 14 heteroatoms. The van der Waals surface area contributed by atoms with Crippen LogP contribution in [0.25, 0.3) is 0 Å². The molecule has 0 fully saturated rings. The molecule has 1 unspecified atom stereocenters. The Bertz CT molecular complexity index is 1530. The summed E-state index contributed by atoms with van der Waals surface area (Å²) in [6, 6.07) is 17.1. The summed E-state index contributed by atoms with van der Waals surface area (Å²) in [4.78, 5) is 14.9. The van der Waals surface area contributed by atoms with Crippen molar-refractivity contribution in [2.75, 3.05) is 13.1 Å². The molecule has 3 aromatic rings. The minimum atomic E-state index is -4.59. The predicted octanol–water partition coefficient (Wildman–Crippen LogP) is 3.69. The number of carbonyl (C=O) groups is 1. The Morgan fingerprint density at radius 2 is 1.67 bits per heavy atom. The van der Waals surface area contributed by atoms with Crippen LogP contribution in [0.1, 0.15) is 16.7 Å². The molecule has 0 amide bonds. The molecule has 0 aromatic heterocycles. The first-order valence-corrected chi connectivity index (χ1v) is 13.0. The van der Waals surface area contributed by atoms with Gasteiger partial charge in [-0.3, -0.25) is 4.79 Å². The predicted molar refractivity (Wildman–Crippen MR) is 137 cm³/mol. The number of alkyl halides is 3. The van der Waals surface area contributed by atoms with E-state index in [1.54, 1.807) is 30.3 Å². The fourth-order valence-corrected chi connectivity index (χ4v) is 4.96. The summed E-state index contributed by atoms with van der Waals surface area (Å²) in [7, 11) is -4.32. The topological polar surface area (TPSA) is 132 Å². The summed E-state index contributed by atoms with van der Waals surface area (Å²) in [6.45, 7) is -1.28. The van der Waals surface area contributed by atoms with E-state index in [-0.39, 0.29) is 21.2 Å². The Balaban J connectivity index is 1.79. The molecule has 1 atom stereocenters. The van der Waals surface area contributed by atoms with Gasteiger partial charge in [-0.2, -0.15) is 18.3 Å². The molecule has 0 saturated heterocycles. The second-order valence-corrected chi connectivity index (χ2v) is 10.5. The third kappa shape index (κ3) is 6.21. The Labute approximate surface area is 225 Å². The van der Waals surface area contributed by atoms with Crippen molar-refractivity contribution in [2.24, 2.45) is 10.1 Å². The second kappa shape index (κ2) is 10.7. The van der Waals surface area contributed by atoms with Crippen molar-refractivity contribution in [1.82, 2.24) is 9.73 Å². The van der Waals surface area contributed by atoms with Crippen LogP contribution < -0.4 is 4.72 Å². The molecule has 1 aliphatic rings. The highest BCUT2D eigenvalue weighted by Crippen LogP contribution is 2.35. The summed E-state index contributed by atoms with van der Waals surface area (Å²) < 4.78 is 67.7. The summed E-state index contributed by atoms with van der Waals surface area (Å²) in [6.07, 6.45) is -4.59. The largest absolute Gasteiger partial charge is 0.480 e. The fraction of sp³-hybridized carbons (Fsp3) is 0.160. The first-order chi connectivity index (χ1) is 18.3. The van der Waals surface area contributed by atoms with Crippen LogP contribution in [0.2, 0.25) is 5.02 Å². The number of hydrogen-bond acceptors (Lipinski definition) is 6. The van der Waals surface area contributed by atoms with E-state index >= 15 is 0 Å². The first-order valence-electron chi connectivity index (χ1n) is 11.2. The normalized spacial score (nSPS) is 18.1. The van der Waals surface area contributed by atoms with Crippen molar-refractivity contribution >= 4 is 39.3 Å². The summed E-state index contributed by atoms with van der Waals surface area (Å²) in [5.41, 5.74) is -2.52. The van der Waals surface area contributed by atoms with Crippen LogP contribution in [-0.4, -0.2) is 54.4 Å². The van der Waals surface area contributed by atoms with Gasteiger partial charge in [-0.25, -0.2) is 23.1 Å². The number of halogens is 4. The van der Waals surface area contributed by atoms with Gasteiger partial charge in [0.05, 0.1) is 17.0 Å². The molecular weight excluding hydrogens is 561 g/mol. The van der Waals surface area contributed by atoms with Gasteiger partial charge in [0.2, 0.25) is 5.96 Å². The number of hydrazone groups is 1. The van der Waals surface area contributed by atoms with Crippen LogP contribution in [-0.2, 0) is 26.6 Å². The zero-order valence-corrected chi connectivity index (χ0v) is 21.4. The van der Waals surface area contributed by atoms with E-state index in [1.807, 2.05) is 0 Å². The highest BCUT2D eigenvalue weighted by molar-refractivity contribution is 7.90. The highest BCUT2D eigenvalue weighted by atomic mass is 35.5. The molecule has 4 rings (SSSR count). The molecule has 39 heavy (non-hydrogen) atoms. The number of benzene rings is 3. The molecule has 9 nitrogen and oxygen atoms in total. The van der Waals surface area contributed by atoms with Crippen LogP contribution in [0, 0.1) is 0 Å². The van der Waals surface area contributed by atoms with E-state index in [0.717, 1.165) is 29.3 Å². The van der Waals surface area contributed by atoms with Crippen molar-refractivity contribution < 1.29 is 36.6 Å². The van der Waals surface area contributed by atoms with E-state index in [9.17, 15) is 31.5 Å². The Morgan fingerprint density at radius 3 is 2.23 bits per heavy atom. The highest BCUT2D eigenvalue weighted by Gasteiger charge is 2.45. The molecule has 0 saturated carbocycles. The number of sulfonamides is 1. The summed E-state index contributed by atoms with van der Waals surface area (Å²) in [5, 5.41) is 26.5. The van der Waals surface area contributed by atoms with Crippen LogP contribution >= 0.6 is 11.6 Å². The zero-order valence-electron chi connectivity index (χ0n) is 19.8. The van der Waals surface area contributed by atoms with Crippen LogP contribution in [0.3, 0.4) is 0 Å². The number of hydrogen-bond donors (Lipinski definition) is 3. The Morgan fingerprint density at radius 1 is 1.05 bits per heavy atom. The lowest BCUT2D eigenvalue weighted by molar-refractivity contribution is -0.137. The molecular formula is C25H20ClF3N4O5S. The average Bonchev–Trinajstić information content (AvgIpc) is 3.25. The third-order valence-electron chi connectivity index (χ3n) is 5.69. The number of nitrogens with zero attached hydrogens (tertiary/aromatic N) is 3. The van der Waals surface area contributed by atoms with Gasteiger partial charge in [-0.15, -0.1) is 0 Å². The maximum Gasteiger partial charge on any atom is 0.416 e. The molecule has 0 radical (unpaired) electrons. The van der Waals surface area contributed by atoms with E-state index in [1.165, 1.54) is 24.3 Å². The van der Waals surface area contributed by atoms with E-state index in [2.05, 4.69) is 14.8 Å². The minimum absolute atomic E-state index is 0.101. The lowest BCUT2D eigenvalue weighted by atomic mass is 9.85. The zero-order chi connectivity index (χ0) is 28.4. The number of aliphatic imine (C=N–C) groups is 1. The molecule has 0 bridgehead atoms. The van der Waals surface area contributed by atoms with Gasteiger partial charge in [0.1, 0.15) is 12.3 Å². The monoisotopic (exact) mass is 580 g/mol. The molecule has 204 valence electrons. The van der Waals surface area contributed by atoms with E-state index in [4.69, 9.17) is 16.7 Å². The summed E-state index contributed by atoms with van der Waals surface area (Å²) >= 11 is 5.83. The quantitative estimate of drug-likeness (QED) is 0.301. The van der Waals surface area contributed by atoms with Crippen molar-refractivity contribution in [1.29, 1.82) is 0 Å². The van der Waals surface area contributed by atoms with Gasteiger partial charge in [0, 0.05) is 10.6 Å². The van der Waals surface area contributed by atoms with Gasteiger partial charge in [-0.05, 0) is 42.0 Å². The number of guanidine groups is 1. The van der Waals surface area contributed by atoms with E-state index < -0.39 is 52.4 Å². The molecule has 3 N–H and O–H groups in total. The number of nitrogens with one attached hydrogen (secondary N) is 1. The Hall–Kier alpha value is -3.94. The van der Waals surface area contributed by atoms with Gasteiger partial charge in [0.15, 0.2) is 5.60 Å². The van der Waals surface area contributed by atoms with Crippen molar-refractivity contribution in [3.05, 3.63) is 101 Å². The lowest BCUT2D eigenvalue weighted by Crippen LogP contribution is -2.45. The van der Waals surface area contributed by atoms with E-state index in [0.29, 0.717) is 5.56 Å². The lowest BCUT2D eigenvalue weighted by Gasteiger charge is -2.26. The van der Waals surface area contributed by atoms with Crippen LogP contribution in [0.5, 0.6) is 0 Å². The minimum Gasteiger partial charge on any atom is -0.480 e. The van der Waals surface area contributed by atoms with Gasteiger partial charge < -0.3 is 10.2 Å². The second-order valence-electron chi connectivity index (χ2n) is 8.40. The molecule has 3 aromatic carbocycles. The number of β-amino-alcohol motifs (C(OH)–C–C–N with tert-alkyl or cyclic N) is 1. The molecule has 0 spiro atoms. The van der Waals surface area contributed by atoms with Crippen molar-refractivity contribution in [3.8, 4) is 0 Å². The standard InChI is InChI=1S/C25H20ClF3N4O5S/c26-19-10-12-20(13-11-19)39(37,38)32-23(30-14-21(34)35)33-15-24(36,17-4-2-1-3-5-17)22(31-33)16-6-8-18(9-7-16)25(27,28)29/h1-13,36H,14-15H2,(H,30,32)(H,34,35). The van der Waals surface area contributed by atoms with Crippen LogP contribution in [0.4, 0.5) is 13.2 Å². The number of rotatable bonds is 6. The maximum atomic E-state index is 13.1. The maximum absolute atomic E-state index is 13.1. The SMILES string of the molecule is O=C(O)CN=C(NS(=O)(=O)c1ccc(Cl)cc1)N1CC(O)(c2ccccc2)C(c2ccc(C(F)(F)F)cc2)=N1. The summed E-state index contributed by atoms with van der Waals surface area (Å²) in [5.74, 6) is -1.90. The number of carboxylic acids is 1. The Kier molecular flexibility index (Phi) is 7.68. The van der Waals surface area contributed by atoms with Crippen molar-refractivity contribution in [3.63, 3.8) is 0 Å². The number of aliphatic carboxylic acids is 1. The van der Waals surface area contributed by atoms with Crippen LogP contribution in [0.15, 0.2) is 93.9 Å². The fourth-order valence-electron chi connectivity index (χ4n) is 3.81. The van der Waals surface area contributed by atoms with Gasteiger partial charge in [0.25, 0.3) is 10.0 Å². The average molecular weight is 581 g/mol. The number of carboxylic acid groups (broad SMARTS) is 1. The number of aliphatic hydroxyl groups is 1. The van der Waals surface area contributed by atoms with Crippen molar-refractivity contribution in [2.45, 2.75) is 16.7 Å². The first kappa shape index (κ1) is 28.1. The molecule has 1 heterocycles. The smallest absolute Gasteiger partial charge is 0.416 e. The van der Waals surface area contributed by atoms with Gasteiger partial charge in [-0.1, -0.05) is 54.1 Å². The molecule has 1 aliphatic heterocycles.